The quantitative estimate of drug-likeness (QED) is 0.525. The van der Waals surface area contributed by atoms with Crippen molar-refractivity contribution in [2.75, 3.05) is 32.0 Å². The van der Waals surface area contributed by atoms with Gasteiger partial charge in [-0.05, 0) is 24.3 Å². The zero-order valence-corrected chi connectivity index (χ0v) is 18.1. The maximum atomic E-state index is 13.3. The Hall–Kier alpha value is -3.31. The SMILES string of the molecule is CN(Cc1nc(-c2ccccc2)no1)C(=O)CN(c1ccc(F)cc1)S(=O)(=O)N(C)C. The molecule has 3 aromatic rings. The van der Waals surface area contributed by atoms with Gasteiger partial charge in [0.25, 0.3) is 0 Å². The van der Waals surface area contributed by atoms with Gasteiger partial charge in [-0.25, -0.2) is 8.70 Å². The van der Waals surface area contributed by atoms with E-state index in [4.69, 9.17) is 4.52 Å². The van der Waals surface area contributed by atoms with Gasteiger partial charge in [-0.15, -0.1) is 0 Å². The van der Waals surface area contributed by atoms with Crippen LogP contribution in [0, 0.1) is 5.82 Å². The fraction of sp³-hybridized carbons (Fsp3) is 0.250. The van der Waals surface area contributed by atoms with Crippen LogP contribution in [0.2, 0.25) is 0 Å². The molecule has 3 rings (SSSR count). The number of hydrogen-bond donors (Lipinski definition) is 0. The Morgan fingerprint density at radius 1 is 1.03 bits per heavy atom. The Labute approximate surface area is 179 Å². The van der Waals surface area contributed by atoms with Crippen LogP contribution in [0.4, 0.5) is 10.1 Å². The molecule has 164 valence electrons. The first-order valence-electron chi connectivity index (χ1n) is 9.26. The Kier molecular flexibility index (Phi) is 6.66. The van der Waals surface area contributed by atoms with Crippen LogP contribution in [0.15, 0.2) is 59.1 Å². The molecular formula is C20H22FN5O4S. The maximum Gasteiger partial charge on any atom is 0.304 e. The summed E-state index contributed by atoms with van der Waals surface area (Å²) < 4.78 is 45.9. The first-order valence-corrected chi connectivity index (χ1v) is 10.7. The molecule has 0 fully saturated rings. The summed E-state index contributed by atoms with van der Waals surface area (Å²) in [6, 6.07) is 14.1. The molecule has 11 heteroatoms. The molecule has 0 N–H and O–H groups in total. The molecule has 1 amide bonds. The fourth-order valence-electron chi connectivity index (χ4n) is 2.67. The van der Waals surface area contributed by atoms with Crippen molar-refractivity contribution in [2.45, 2.75) is 6.54 Å². The van der Waals surface area contributed by atoms with Crippen molar-refractivity contribution in [3.05, 3.63) is 66.3 Å². The molecule has 1 heterocycles. The summed E-state index contributed by atoms with van der Waals surface area (Å²) in [5, 5.41) is 3.91. The number of nitrogens with zero attached hydrogens (tertiary/aromatic N) is 5. The molecule has 0 radical (unpaired) electrons. The molecule has 31 heavy (non-hydrogen) atoms. The lowest BCUT2D eigenvalue weighted by Crippen LogP contribution is -2.46. The number of hydrogen-bond acceptors (Lipinski definition) is 6. The standard InChI is InChI=1S/C20H22FN5O4S/c1-24(2)31(28,29)26(17-11-9-16(21)10-12-17)14-19(27)25(3)13-18-22-20(23-30-18)15-7-5-4-6-8-15/h4-12H,13-14H2,1-3H3. The maximum absolute atomic E-state index is 13.3. The molecule has 0 saturated heterocycles. The summed E-state index contributed by atoms with van der Waals surface area (Å²) in [6.07, 6.45) is 0. The van der Waals surface area contributed by atoms with E-state index in [9.17, 15) is 17.6 Å². The Bertz CT molecular complexity index is 1130. The van der Waals surface area contributed by atoms with E-state index in [0.29, 0.717) is 5.82 Å². The number of amides is 1. The van der Waals surface area contributed by atoms with E-state index in [1.807, 2.05) is 30.3 Å². The Morgan fingerprint density at radius 2 is 1.68 bits per heavy atom. The summed E-state index contributed by atoms with van der Waals surface area (Å²) in [4.78, 5) is 18.3. The van der Waals surface area contributed by atoms with Crippen LogP contribution >= 0.6 is 0 Å². The van der Waals surface area contributed by atoms with Gasteiger partial charge in [0.05, 0.1) is 12.2 Å². The molecule has 0 spiro atoms. The van der Waals surface area contributed by atoms with E-state index in [1.54, 1.807) is 0 Å². The average Bonchev–Trinajstić information content (AvgIpc) is 3.21. The summed E-state index contributed by atoms with van der Waals surface area (Å²) in [5.74, 6) is -0.424. The lowest BCUT2D eigenvalue weighted by molar-refractivity contribution is -0.129. The van der Waals surface area contributed by atoms with Gasteiger partial charge >= 0.3 is 10.2 Å². The number of benzene rings is 2. The fourth-order valence-corrected chi connectivity index (χ4v) is 3.72. The molecule has 0 atom stereocenters. The highest BCUT2D eigenvalue weighted by atomic mass is 32.2. The minimum atomic E-state index is -3.99. The highest BCUT2D eigenvalue weighted by molar-refractivity contribution is 7.90. The van der Waals surface area contributed by atoms with Crippen LogP contribution in [0.5, 0.6) is 0 Å². The van der Waals surface area contributed by atoms with Gasteiger partial charge in [-0.2, -0.15) is 17.7 Å². The van der Waals surface area contributed by atoms with Gasteiger partial charge in [0.2, 0.25) is 17.6 Å². The van der Waals surface area contributed by atoms with Gasteiger partial charge in [-0.3, -0.25) is 4.79 Å². The Morgan fingerprint density at radius 3 is 2.29 bits per heavy atom. The van der Waals surface area contributed by atoms with Crippen molar-refractivity contribution in [2.24, 2.45) is 0 Å². The molecule has 2 aromatic carbocycles. The summed E-state index contributed by atoms with van der Waals surface area (Å²) in [6.45, 7) is -0.486. The Balaban J connectivity index is 1.75. The van der Waals surface area contributed by atoms with Crippen LogP contribution < -0.4 is 4.31 Å². The van der Waals surface area contributed by atoms with Crippen LogP contribution in [0.3, 0.4) is 0 Å². The number of anilines is 1. The lowest BCUT2D eigenvalue weighted by atomic mass is 10.2. The number of halogens is 1. The number of aromatic nitrogens is 2. The van der Waals surface area contributed by atoms with Gasteiger partial charge in [0.15, 0.2) is 0 Å². The second-order valence-corrected chi connectivity index (χ2v) is 8.97. The molecule has 0 saturated carbocycles. The predicted molar refractivity (Wildman–Crippen MR) is 113 cm³/mol. The van der Waals surface area contributed by atoms with Gasteiger partial charge in [0.1, 0.15) is 12.4 Å². The van der Waals surface area contributed by atoms with Crippen molar-refractivity contribution in [3.8, 4) is 11.4 Å². The highest BCUT2D eigenvalue weighted by Gasteiger charge is 2.29. The van der Waals surface area contributed by atoms with E-state index in [0.717, 1.165) is 26.3 Å². The number of carbonyl (C=O) groups excluding carboxylic acids is 1. The van der Waals surface area contributed by atoms with E-state index in [-0.39, 0.29) is 18.1 Å². The largest absolute Gasteiger partial charge is 0.337 e. The summed E-state index contributed by atoms with van der Waals surface area (Å²) in [5.41, 5.74) is 0.937. The minimum absolute atomic E-state index is 0.00205. The molecular weight excluding hydrogens is 425 g/mol. The summed E-state index contributed by atoms with van der Waals surface area (Å²) in [7, 11) is 0.208. The van der Waals surface area contributed by atoms with E-state index >= 15 is 0 Å². The van der Waals surface area contributed by atoms with E-state index in [1.165, 1.54) is 38.2 Å². The topological polar surface area (TPSA) is 99.9 Å². The normalized spacial score (nSPS) is 11.5. The second-order valence-electron chi connectivity index (χ2n) is 6.90. The third-order valence-electron chi connectivity index (χ3n) is 4.43. The molecule has 0 aliphatic heterocycles. The van der Waals surface area contributed by atoms with Crippen molar-refractivity contribution < 1.29 is 22.1 Å². The third-order valence-corrected chi connectivity index (χ3v) is 6.25. The molecule has 0 bridgehead atoms. The first-order chi connectivity index (χ1) is 14.7. The van der Waals surface area contributed by atoms with Crippen LogP contribution in [-0.4, -0.2) is 61.4 Å². The van der Waals surface area contributed by atoms with Crippen LogP contribution in [0.25, 0.3) is 11.4 Å². The first kappa shape index (κ1) is 22.4. The van der Waals surface area contributed by atoms with E-state index in [2.05, 4.69) is 10.1 Å². The molecule has 1 aromatic heterocycles. The molecule has 9 nitrogen and oxygen atoms in total. The van der Waals surface area contributed by atoms with Crippen molar-refractivity contribution >= 4 is 21.8 Å². The molecule has 0 unspecified atom stereocenters. The predicted octanol–water partition coefficient (Wildman–Crippen LogP) is 2.15. The molecule has 0 aliphatic carbocycles. The zero-order valence-electron chi connectivity index (χ0n) is 17.3. The van der Waals surface area contributed by atoms with Crippen molar-refractivity contribution in [1.29, 1.82) is 0 Å². The summed E-state index contributed by atoms with van der Waals surface area (Å²) >= 11 is 0. The van der Waals surface area contributed by atoms with Gasteiger partial charge < -0.3 is 9.42 Å². The average molecular weight is 447 g/mol. The second kappa shape index (κ2) is 9.23. The number of rotatable bonds is 8. The van der Waals surface area contributed by atoms with E-state index < -0.39 is 28.5 Å². The lowest BCUT2D eigenvalue weighted by Gasteiger charge is -2.28. The zero-order chi connectivity index (χ0) is 22.6. The number of likely N-dealkylation sites (N-methyl/N-ethyl adjacent to an activating group) is 1. The highest BCUT2D eigenvalue weighted by Crippen LogP contribution is 2.20. The van der Waals surface area contributed by atoms with Crippen LogP contribution in [-0.2, 0) is 21.5 Å². The smallest absolute Gasteiger partial charge is 0.304 e. The minimum Gasteiger partial charge on any atom is -0.337 e. The van der Waals surface area contributed by atoms with Gasteiger partial charge in [-0.1, -0.05) is 35.5 Å². The van der Waals surface area contributed by atoms with Gasteiger partial charge in [0, 0.05) is 26.7 Å². The van der Waals surface area contributed by atoms with Crippen molar-refractivity contribution in [3.63, 3.8) is 0 Å². The monoisotopic (exact) mass is 447 g/mol. The van der Waals surface area contributed by atoms with Crippen molar-refractivity contribution in [1.82, 2.24) is 19.3 Å². The molecule has 0 aliphatic rings. The number of carbonyl (C=O) groups is 1. The van der Waals surface area contributed by atoms with Crippen LogP contribution in [0.1, 0.15) is 5.89 Å². The third kappa shape index (κ3) is 5.25.